The van der Waals surface area contributed by atoms with Crippen LogP contribution in [-0.4, -0.2) is 23.3 Å². The molecule has 0 aliphatic heterocycles. The van der Waals surface area contributed by atoms with Crippen LogP contribution in [0, 0.1) is 6.92 Å². The average molecular weight is 363 g/mol. The number of nitrogens with zero attached hydrogens (tertiary/aromatic N) is 2. The largest absolute Gasteiger partial charge is 0.494 e. The smallest absolute Gasteiger partial charge is 0.271 e. The molecule has 3 rings (SSSR count). The molecule has 0 spiro atoms. The number of rotatable bonds is 6. The van der Waals surface area contributed by atoms with Crippen LogP contribution in [0.3, 0.4) is 0 Å². The third kappa shape index (κ3) is 3.87. The summed E-state index contributed by atoms with van der Waals surface area (Å²) in [4.78, 5) is 12.3. The molecule has 0 bridgehead atoms. The van der Waals surface area contributed by atoms with Crippen LogP contribution in [0.25, 0.3) is 10.9 Å². The first-order valence-corrected chi connectivity index (χ1v) is 9.18. The van der Waals surface area contributed by atoms with Gasteiger partial charge in [-0.25, -0.2) is 5.43 Å². The number of carbonyl (C=O) groups is 1. The second-order valence-electron chi connectivity index (χ2n) is 6.64. The topological polar surface area (TPSA) is 55.6 Å². The van der Waals surface area contributed by atoms with Gasteiger partial charge in [0.2, 0.25) is 0 Å². The van der Waals surface area contributed by atoms with Crippen molar-refractivity contribution in [2.24, 2.45) is 5.10 Å². The van der Waals surface area contributed by atoms with Gasteiger partial charge in [-0.3, -0.25) is 4.79 Å². The van der Waals surface area contributed by atoms with Gasteiger partial charge in [-0.15, -0.1) is 0 Å². The standard InChI is InChI=1S/C22H25N3O2/c1-5-27-18-12-10-17(11-13-18)22(26)24-23-14-20-16(4)25(15(2)3)21-9-7-6-8-19(20)21/h6-15H,5H2,1-4H3,(H,24,26)/b23-14+. The van der Waals surface area contributed by atoms with Gasteiger partial charge in [-0.2, -0.15) is 5.10 Å². The Hall–Kier alpha value is -3.08. The molecular formula is C22H25N3O2. The van der Waals surface area contributed by atoms with Gasteiger partial charge in [-0.1, -0.05) is 18.2 Å². The maximum absolute atomic E-state index is 12.3. The number of amides is 1. The van der Waals surface area contributed by atoms with E-state index in [4.69, 9.17) is 4.74 Å². The number of ether oxygens (including phenoxy) is 1. The maximum atomic E-state index is 12.3. The van der Waals surface area contributed by atoms with E-state index in [9.17, 15) is 4.79 Å². The monoisotopic (exact) mass is 363 g/mol. The lowest BCUT2D eigenvalue weighted by atomic mass is 10.1. The van der Waals surface area contributed by atoms with E-state index in [1.807, 2.05) is 19.1 Å². The zero-order valence-corrected chi connectivity index (χ0v) is 16.2. The SMILES string of the molecule is CCOc1ccc(C(=O)N/N=C/c2c(C)n(C(C)C)c3ccccc23)cc1. The van der Waals surface area contributed by atoms with E-state index in [1.54, 1.807) is 30.5 Å². The number of hydrazone groups is 1. The molecule has 27 heavy (non-hydrogen) atoms. The zero-order chi connectivity index (χ0) is 19.4. The highest BCUT2D eigenvalue weighted by molar-refractivity contribution is 6.02. The van der Waals surface area contributed by atoms with Crippen LogP contribution < -0.4 is 10.2 Å². The minimum atomic E-state index is -0.250. The molecule has 1 heterocycles. The fraction of sp³-hybridized carbons (Fsp3) is 0.273. The summed E-state index contributed by atoms with van der Waals surface area (Å²) >= 11 is 0. The molecule has 0 aliphatic carbocycles. The lowest BCUT2D eigenvalue weighted by molar-refractivity contribution is 0.0955. The van der Waals surface area contributed by atoms with E-state index < -0.39 is 0 Å². The number of nitrogens with one attached hydrogen (secondary N) is 1. The molecule has 0 fully saturated rings. The Morgan fingerprint density at radius 3 is 2.56 bits per heavy atom. The van der Waals surface area contributed by atoms with Crippen LogP contribution in [0.15, 0.2) is 53.6 Å². The molecule has 1 N–H and O–H groups in total. The molecular weight excluding hydrogens is 338 g/mol. The zero-order valence-electron chi connectivity index (χ0n) is 16.2. The Balaban J connectivity index is 1.80. The van der Waals surface area contributed by atoms with Gasteiger partial charge in [-0.05, 0) is 58.0 Å². The number of hydrogen-bond acceptors (Lipinski definition) is 3. The fourth-order valence-corrected chi connectivity index (χ4v) is 3.33. The first-order chi connectivity index (χ1) is 13.0. The summed E-state index contributed by atoms with van der Waals surface area (Å²) in [6.45, 7) is 8.92. The maximum Gasteiger partial charge on any atom is 0.271 e. The van der Waals surface area contributed by atoms with Crippen LogP contribution in [0.1, 0.15) is 48.4 Å². The predicted octanol–water partition coefficient (Wildman–Crippen LogP) is 4.69. The van der Waals surface area contributed by atoms with Crippen molar-refractivity contribution >= 4 is 23.0 Å². The Morgan fingerprint density at radius 2 is 1.89 bits per heavy atom. The summed E-state index contributed by atoms with van der Waals surface area (Å²) in [5.41, 5.74) is 6.47. The van der Waals surface area contributed by atoms with Gasteiger partial charge < -0.3 is 9.30 Å². The molecule has 0 saturated heterocycles. The van der Waals surface area contributed by atoms with Gasteiger partial charge in [0.25, 0.3) is 5.91 Å². The number of fused-ring (bicyclic) bond motifs is 1. The van der Waals surface area contributed by atoms with E-state index >= 15 is 0 Å². The molecule has 0 saturated carbocycles. The molecule has 0 radical (unpaired) electrons. The van der Waals surface area contributed by atoms with Crippen LogP contribution in [0.2, 0.25) is 0 Å². The number of benzene rings is 2. The second kappa shape index (κ2) is 8.08. The lowest BCUT2D eigenvalue weighted by Crippen LogP contribution is -2.17. The van der Waals surface area contributed by atoms with E-state index in [0.29, 0.717) is 18.2 Å². The highest BCUT2D eigenvalue weighted by atomic mass is 16.5. The van der Waals surface area contributed by atoms with Gasteiger partial charge in [0, 0.05) is 33.8 Å². The molecule has 3 aromatic rings. The minimum absolute atomic E-state index is 0.250. The summed E-state index contributed by atoms with van der Waals surface area (Å²) in [5, 5.41) is 5.32. The van der Waals surface area contributed by atoms with E-state index in [2.05, 4.69) is 48.0 Å². The summed E-state index contributed by atoms with van der Waals surface area (Å²) < 4.78 is 7.67. The third-order valence-corrected chi connectivity index (χ3v) is 4.51. The Kier molecular flexibility index (Phi) is 5.60. The predicted molar refractivity (Wildman–Crippen MR) is 110 cm³/mol. The van der Waals surface area contributed by atoms with Crippen molar-refractivity contribution in [3.63, 3.8) is 0 Å². The van der Waals surface area contributed by atoms with Gasteiger partial charge in [0.05, 0.1) is 12.8 Å². The van der Waals surface area contributed by atoms with Crippen molar-refractivity contribution in [3.8, 4) is 5.75 Å². The molecule has 0 atom stereocenters. The third-order valence-electron chi connectivity index (χ3n) is 4.51. The number of carbonyl (C=O) groups excluding carboxylic acids is 1. The first kappa shape index (κ1) is 18.7. The minimum Gasteiger partial charge on any atom is -0.494 e. The van der Waals surface area contributed by atoms with E-state index in [1.165, 1.54) is 5.52 Å². The quantitative estimate of drug-likeness (QED) is 0.510. The summed E-state index contributed by atoms with van der Waals surface area (Å²) in [6, 6.07) is 15.6. The summed E-state index contributed by atoms with van der Waals surface area (Å²) in [7, 11) is 0. The molecule has 1 aromatic heterocycles. The van der Waals surface area contributed by atoms with Crippen molar-refractivity contribution in [2.45, 2.75) is 33.7 Å². The van der Waals surface area contributed by atoms with Crippen molar-refractivity contribution in [1.29, 1.82) is 0 Å². The fourth-order valence-electron chi connectivity index (χ4n) is 3.33. The molecule has 5 heteroatoms. The van der Waals surface area contributed by atoms with Gasteiger partial charge >= 0.3 is 0 Å². The molecule has 1 amide bonds. The molecule has 5 nitrogen and oxygen atoms in total. The molecule has 0 unspecified atom stereocenters. The molecule has 140 valence electrons. The van der Waals surface area contributed by atoms with Gasteiger partial charge in [0.1, 0.15) is 5.75 Å². The van der Waals surface area contributed by atoms with E-state index in [0.717, 1.165) is 22.4 Å². The highest BCUT2D eigenvalue weighted by Crippen LogP contribution is 2.27. The number of hydrogen-bond donors (Lipinski definition) is 1. The van der Waals surface area contributed by atoms with Crippen molar-refractivity contribution in [3.05, 3.63) is 65.4 Å². The summed E-state index contributed by atoms with van der Waals surface area (Å²) in [6.07, 6.45) is 1.73. The van der Waals surface area contributed by atoms with Gasteiger partial charge in [0.15, 0.2) is 0 Å². The second-order valence-corrected chi connectivity index (χ2v) is 6.64. The van der Waals surface area contributed by atoms with Crippen molar-refractivity contribution in [2.75, 3.05) is 6.61 Å². The van der Waals surface area contributed by atoms with Crippen LogP contribution in [0.5, 0.6) is 5.75 Å². The Bertz CT molecular complexity index is 969. The van der Waals surface area contributed by atoms with Crippen LogP contribution in [-0.2, 0) is 0 Å². The summed E-state index contributed by atoms with van der Waals surface area (Å²) in [5.74, 6) is 0.495. The highest BCUT2D eigenvalue weighted by Gasteiger charge is 2.14. The van der Waals surface area contributed by atoms with Crippen LogP contribution in [0.4, 0.5) is 0 Å². The Labute approximate surface area is 159 Å². The Morgan fingerprint density at radius 1 is 1.19 bits per heavy atom. The average Bonchev–Trinajstić information content (AvgIpc) is 2.94. The van der Waals surface area contributed by atoms with E-state index in [-0.39, 0.29) is 5.91 Å². The molecule has 0 aliphatic rings. The number of para-hydroxylation sites is 1. The normalized spacial score (nSPS) is 11.4. The first-order valence-electron chi connectivity index (χ1n) is 9.18. The number of aromatic nitrogens is 1. The lowest BCUT2D eigenvalue weighted by Gasteiger charge is -2.12. The van der Waals surface area contributed by atoms with Crippen molar-refractivity contribution < 1.29 is 9.53 Å². The van der Waals surface area contributed by atoms with Crippen molar-refractivity contribution in [1.82, 2.24) is 9.99 Å². The molecule has 2 aromatic carbocycles. The van der Waals surface area contributed by atoms with Crippen LogP contribution >= 0.6 is 0 Å².